The topological polar surface area (TPSA) is 35.0 Å². The Kier molecular flexibility index (Phi) is 5.79. The Morgan fingerprint density at radius 2 is 1.52 bits per heavy atom. The van der Waals surface area contributed by atoms with Crippen molar-refractivity contribution in [1.82, 2.24) is 9.97 Å². The largest absolute Gasteiger partial charge is 0.489 e. The summed E-state index contributed by atoms with van der Waals surface area (Å²) in [5.41, 5.74) is 5.08. The van der Waals surface area contributed by atoms with Crippen LogP contribution >= 0.6 is 23.2 Å². The summed E-state index contributed by atoms with van der Waals surface area (Å²) in [7, 11) is 0. The molecular formula is C24H18Cl2N2O. The number of aromatic nitrogens is 2. The fraction of sp³-hybridized carbons (Fsp3) is 0.0833. The molecule has 29 heavy (non-hydrogen) atoms. The smallest absolute Gasteiger partial charge is 0.159 e. The molecule has 1 aromatic heterocycles. The van der Waals surface area contributed by atoms with Gasteiger partial charge in [0.15, 0.2) is 5.82 Å². The van der Waals surface area contributed by atoms with Gasteiger partial charge in [0.25, 0.3) is 0 Å². The molecule has 0 saturated heterocycles. The SMILES string of the molecule is Cc1ccc(-c2ccnc(-c3ccc(OCc4ccc(Cl)c(Cl)c4)cc3)n2)cc1. The molecule has 0 spiro atoms. The van der Waals surface area contributed by atoms with Crippen LogP contribution in [0.5, 0.6) is 5.75 Å². The molecule has 0 unspecified atom stereocenters. The van der Waals surface area contributed by atoms with E-state index < -0.39 is 0 Å². The molecule has 1 heterocycles. The maximum Gasteiger partial charge on any atom is 0.159 e. The van der Waals surface area contributed by atoms with Crippen molar-refractivity contribution in [3.8, 4) is 28.4 Å². The maximum absolute atomic E-state index is 6.05. The van der Waals surface area contributed by atoms with Crippen LogP contribution in [-0.2, 0) is 6.61 Å². The third-order valence-electron chi connectivity index (χ3n) is 4.50. The van der Waals surface area contributed by atoms with Crippen molar-refractivity contribution < 1.29 is 4.74 Å². The Balaban J connectivity index is 1.48. The summed E-state index contributed by atoms with van der Waals surface area (Å²) in [5, 5.41) is 1.06. The van der Waals surface area contributed by atoms with Gasteiger partial charge in [0, 0.05) is 17.3 Å². The van der Waals surface area contributed by atoms with Crippen LogP contribution in [0.2, 0.25) is 10.0 Å². The Hall–Kier alpha value is -2.88. The summed E-state index contributed by atoms with van der Waals surface area (Å²) in [4.78, 5) is 9.12. The molecule has 0 aliphatic heterocycles. The van der Waals surface area contributed by atoms with Gasteiger partial charge in [-0.3, -0.25) is 0 Å². The van der Waals surface area contributed by atoms with E-state index in [-0.39, 0.29) is 0 Å². The first-order valence-electron chi connectivity index (χ1n) is 9.16. The van der Waals surface area contributed by atoms with Gasteiger partial charge < -0.3 is 4.74 Å². The van der Waals surface area contributed by atoms with E-state index in [9.17, 15) is 0 Å². The van der Waals surface area contributed by atoms with Crippen molar-refractivity contribution in [2.24, 2.45) is 0 Å². The van der Waals surface area contributed by atoms with Crippen molar-refractivity contribution >= 4 is 23.2 Å². The molecule has 3 nitrogen and oxygen atoms in total. The Bertz CT molecular complexity index is 1130. The predicted octanol–water partition coefficient (Wildman–Crippen LogP) is 7.00. The second-order valence-electron chi connectivity index (χ2n) is 6.69. The number of aryl methyl sites for hydroxylation is 1. The van der Waals surface area contributed by atoms with E-state index in [0.29, 0.717) is 22.5 Å². The lowest BCUT2D eigenvalue weighted by molar-refractivity contribution is 0.306. The number of nitrogens with zero attached hydrogens (tertiary/aromatic N) is 2. The summed E-state index contributed by atoms with van der Waals surface area (Å²) in [6.07, 6.45) is 1.78. The van der Waals surface area contributed by atoms with Crippen LogP contribution in [0.4, 0.5) is 0 Å². The van der Waals surface area contributed by atoms with Crippen LogP contribution in [0.25, 0.3) is 22.6 Å². The zero-order valence-electron chi connectivity index (χ0n) is 15.8. The second kappa shape index (κ2) is 8.64. The van der Waals surface area contributed by atoms with Crippen LogP contribution in [0.1, 0.15) is 11.1 Å². The number of benzene rings is 3. The fourth-order valence-corrected chi connectivity index (χ4v) is 3.20. The number of hydrogen-bond acceptors (Lipinski definition) is 3. The van der Waals surface area contributed by atoms with E-state index >= 15 is 0 Å². The van der Waals surface area contributed by atoms with Crippen molar-refractivity contribution in [1.29, 1.82) is 0 Å². The lowest BCUT2D eigenvalue weighted by Crippen LogP contribution is -1.96. The van der Waals surface area contributed by atoms with E-state index in [1.54, 1.807) is 12.3 Å². The van der Waals surface area contributed by atoms with Gasteiger partial charge in [-0.2, -0.15) is 0 Å². The molecule has 144 valence electrons. The van der Waals surface area contributed by atoms with Crippen molar-refractivity contribution in [3.05, 3.63) is 100 Å². The molecular weight excluding hydrogens is 403 g/mol. The summed E-state index contributed by atoms with van der Waals surface area (Å²) >= 11 is 12.0. The van der Waals surface area contributed by atoms with Crippen LogP contribution in [0.3, 0.4) is 0 Å². The van der Waals surface area contributed by atoms with Gasteiger partial charge in [-0.15, -0.1) is 0 Å². The number of halogens is 2. The van der Waals surface area contributed by atoms with Crippen LogP contribution in [0.15, 0.2) is 79.0 Å². The fourth-order valence-electron chi connectivity index (χ4n) is 2.88. The molecule has 0 N–H and O–H groups in total. The molecule has 0 aliphatic rings. The average Bonchev–Trinajstić information content (AvgIpc) is 2.75. The number of ether oxygens (including phenoxy) is 1. The van der Waals surface area contributed by atoms with E-state index in [0.717, 1.165) is 28.1 Å². The Morgan fingerprint density at radius 1 is 0.793 bits per heavy atom. The van der Waals surface area contributed by atoms with Gasteiger partial charge in [0.2, 0.25) is 0 Å². The highest BCUT2D eigenvalue weighted by molar-refractivity contribution is 6.42. The number of hydrogen-bond donors (Lipinski definition) is 0. The first kappa shape index (κ1) is 19.4. The zero-order valence-corrected chi connectivity index (χ0v) is 17.3. The van der Waals surface area contributed by atoms with Crippen LogP contribution < -0.4 is 4.74 Å². The van der Waals surface area contributed by atoms with Gasteiger partial charge in [0.05, 0.1) is 15.7 Å². The quantitative estimate of drug-likeness (QED) is 0.348. The third kappa shape index (κ3) is 4.76. The first-order valence-corrected chi connectivity index (χ1v) is 9.91. The molecule has 0 bridgehead atoms. The summed E-state index contributed by atoms with van der Waals surface area (Å²) < 4.78 is 5.84. The standard InChI is InChI=1S/C24H18Cl2N2O/c1-16-2-5-18(6-3-16)23-12-13-27-24(28-23)19-7-9-20(10-8-19)29-15-17-4-11-21(25)22(26)14-17/h2-14H,15H2,1H3. The summed E-state index contributed by atoms with van der Waals surface area (Å²) in [6.45, 7) is 2.48. The number of rotatable bonds is 5. The minimum Gasteiger partial charge on any atom is -0.489 e. The third-order valence-corrected chi connectivity index (χ3v) is 5.24. The normalized spacial score (nSPS) is 10.7. The van der Waals surface area contributed by atoms with E-state index in [1.165, 1.54) is 5.56 Å². The van der Waals surface area contributed by atoms with E-state index in [1.807, 2.05) is 42.5 Å². The van der Waals surface area contributed by atoms with Gasteiger partial charge in [-0.25, -0.2) is 9.97 Å². The van der Waals surface area contributed by atoms with Gasteiger partial charge in [-0.05, 0) is 55.0 Å². The Morgan fingerprint density at radius 3 is 2.24 bits per heavy atom. The van der Waals surface area contributed by atoms with Crippen molar-refractivity contribution in [2.75, 3.05) is 0 Å². The molecule has 3 aromatic carbocycles. The van der Waals surface area contributed by atoms with Crippen LogP contribution in [0, 0.1) is 6.92 Å². The van der Waals surface area contributed by atoms with Gasteiger partial charge >= 0.3 is 0 Å². The molecule has 0 amide bonds. The molecule has 0 saturated carbocycles. The maximum atomic E-state index is 6.05. The second-order valence-corrected chi connectivity index (χ2v) is 7.51. The molecule has 4 rings (SSSR count). The first-order chi connectivity index (χ1) is 14.1. The molecule has 0 radical (unpaired) electrons. The summed E-state index contributed by atoms with van der Waals surface area (Å²) in [6, 6.07) is 23.4. The van der Waals surface area contributed by atoms with Crippen molar-refractivity contribution in [3.63, 3.8) is 0 Å². The highest BCUT2D eigenvalue weighted by Crippen LogP contribution is 2.25. The van der Waals surface area contributed by atoms with E-state index in [4.69, 9.17) is 32.9 Å². The minimum atomic E-state index is 0.412. The minimum absolute atomic E-state index is 0.412. The van der Waals surface area contributed by atoms with Crippen molar-refractivity contribution in [2.45, 2.75) is 13.5 Å². The molecule has 0 fully saturated rings. The van der Waals surface area contributed by atoms with Crippen LogP contribution in [-0.4, -0.2) is 9.97 Å². The monoisotopic (exact) mass is 420 g/mol. The zero-order chi connectivity index (χ0) is 20.2. The van der Waals surface area contributed by atoms with E-state index in [2.05, 4.69) is 36.2 Å². The lowest BCUT2D eigenvalue weighted by Gasteiger charge is -2.08. The molecule has 0 aliphatic carbocycles. The molecule has 0 atom stereocenters. The lowest BCUT2D eigenvalue weighted by atomic mass is 10.1. The highest BCUT2D eigenvalue weighted by atomic mass is 35.5. The predicted molar refractivity (Wildman–Crippen MR) is 118 cm³/mol. The van der Waals surface area contributed by atoms with Gasteiger partial charge in [0.1, 0.15) is 12.4 Å². The summed E-state index contributed by atoms with van der Waals surface area (Å²) in [5.74, 6) is 1.44. The average molecular weight is 421 g/mol. The molecule has 4 aromatic rings. The van der Waals surface area contributed by atoms with Gasteiger partial charge in [-0.1, -0.05) is 59.1 Å². The Labute approximate surface area is 179 Å². The highest BCUT2D eigenvalue weighted by Gasteiger charge is 2.06. The molecule has 5 heteroatoms.